The molecule has 2 aliphatic rings. The third-order valence-electron chi connectivity index (χ3n) is 5.25. The van der Waals surface area contributed by atoms with E-state index < -0.39 is 0 Å². The zero-order valence-corrected chi connectivity index (χ0v) is 13.3. The fraction of sp³-hybridized carbons (Fsp3) is 0.778. The first-order chi connectivity index (χ1) is 8.92. The smallest absolute Gasteiger partial charge is 0.0803 e. The first-order valence-electron chi connectivity index (χ1n) is 7.90. The van der Waals surface area contributed by atoms with Gasteiger partial charge in [0, 0.05) is 17.9 Å². The average molecular weight is 262 g/mol. The number of hydrogen-bond donors (Lipinski definition) is 0. The van der Waals surface area contributed by atoms with E-state index in [4.69, 9.17) is 4.74 Å². The quantitative estimate of drug-likeness (QED) is 0.493. The van der Waals surface area contributed by atoms with E-state index in [-0.39, 0.29) is 5.41 Å². The van der Waals surface area contributed by atoms with Crippen molar-refractivity contribution in [3.05, 3.63) is 23.8 Å². The molecule has 2 rings (SSSR count). The van der Waals surface area contributed by atoms with Gasteiger partial charge in [-0.3, -0.25) is 0 Å². The molecule has 2 aliphatic carbocycles. The summed E-state index contributed by atoms with van der Waals surface area (Å²) in [7, 11) is 0. The average Bonchev–Trinajstić information content (AvgIpc) is 2.58. The Hall–Kier alpha value is -0.560. The summed E-state index contributed by atoms with van der Waals surface area (Å²) < 4.78 is 6.24. The SMILES string of the molecule is CCCCCOC1C=C(C)[C@]2(C)C=CCC(C)(C)C12. The fourth-order valence-corrected chi connectivity index (χ4v) is 4.05. The van der Waals surface area contributed by atoms with Crippen molar-refractivity contribution in [1.82, 2.24) is 0 Å². The number of hydrogen-bond acceptors (Lipinski definition) is 1. The minimum absolute atomic E-state index is 0.206. The van der Waals surface area contributed by atoms with Gasteiger partial charge in [0.05, 0.1) is 6.10 Å². The van der Waals surface area contributed by atoms with Gasteiger partial charge in [0.15, 0.2) is 0 Å². The Kier molecular flexibility index (Phi) is 4.25. The fourth-order valence-electron chi connectivity index (χ4n) is 4.05. The molecule has 1 heteroatoms. The molecular weight excluding hydrogens is 232 g/mol. The van der Waals surface area contributed by atoms with Crippen LogP contribution in [0.3, 0.4) is 0 Å². The Balaban J connectivity index is 2.11. The van der Waals surface area contributed by atoms with E-state index in [0.717, 1.165) is 6.61 Å². The predicted octanol–water partition coefficient (Wildman–Crippen LogP) is 5.13. The molecule has 0 bridgehead atoms. The summed E-state index contributed by atoms with van der Waals surface area (Å²) in [6, 6.07) is 0. The van der Waals surface area contributed by atoms with Crippen LogP contribution in [0.2, 0.25) is 0 Å². The van der Waals surface area contributed by atoms with Crippen LogP contribution in [0.5, 0.6) is 0 Å². The molecule has 0 heterocycles. The van der Waals surface area contributed by atoms with Gasteiger partial charge in [-0.2, -0.15) is 0 Å². The standard InChI is InChI=1S/C18H30O/c1-6-7-8-12-19-15-13-14(2)18(5)11-9-10-17(3,4)16(15)18/h9,11,13,15-16H,6-8,10,12H2,1-5H3/t15?,16?,18-/m0/s1. The van der Waals surface area contributed by atoms with Crippen LogP contribution in [0, 0.1) is 16.7 Å². The van der Waals surface area contributed by atoms with E-state index in [1.165, 1.54) is 31.3 Å². The van der Waals surface area contributed by atoms with Crippen molar-refractivity contribution in [2.24, 2.45) is 16.7 Å². The van der Waals surface area contributed by atoms with Gasteiger partial charge in [-0.15, -0.1) is 0 Å². The van der Waals surface area contributed by atoms with Gasteiger partial charge in [0.25, 0.3) is 0 Å². The van der Waals surface area contributed by atoms with Crippen molar-refractivity contribution < 1.29 is 4.74 Å². The Bertz CT molecular complexity index is 377. The molecule has 0 amide bonds. The van der Waals surface area contributed by atoms with E-state index in [1.54, 1.807) is 0 Å². The normalized spacial score (nSPS) is 36.2. The summed E-state index contributed by atoms with van der Waals surface area (Å²) in [6.45, 7) is 12.6. The van der Waals surface area contributed by atoms with Crippen LogP contribution in [0.15, 0.2) is 23.8 Å². The molecule has 0 radical (unpaired) electrons. The van der Waals surface area contributed by atoms with Crippen LogP contribution >= 0.6 is 0 Å². The Morgan fingerprint density at radius 2 is 2.00 bits per heavy atom. The summed E-state index contributed by atoms with van der Waals surface area (Å²) in [5.74, 6) is 0.589. The molecule has 0 aromatic rings. The molecule has 3 atom stereocenters. The van der Waals surface area contributed by atoms with Crippen molar-refractivity contribution in [2.45, 2.75) is 66.4 Å². The van der Waals surface area contributed by atoms with Crippen LogP contribution < -0.4 is 0 Å². The molecule has 19 heavy (non-hydrogen) atoms. The summed E-state index contributed by atoms with van der Waals surface area (Å²) in [5, 5.41) is 0. The van der Waals surface area contributed by atoms with E-state index >= 15 is 0 Å². The van der Waals surface area contributed by atoms with Gasteiger partial charge in [0.2, 0.25) is 0 Å². The molecule has 0 N–H and O–H groups in total. The zero-order valence-electron chi connectivity index (χ0n) is 13.3. The lowest BCUT2D eigenvalue weighted by molar-refractivity contribution is -0.0276. The number of ether oxygens (including phenoxy) is 1. The minimum Gasteiger partial charge on any atom is -0.374 e. The number of unbranched alkanes of at least 4 members (excludes halogenated alkanes) is 2. The van der Waals surface area contributed by atoms with Gasteiger partial charge in [-0.05, 0) is 25.2 Å². The molecule has 1 nitrogen and oxygen atoms in total. The van der Waals surface area contributed by atoms with Crippen LogP contribution in [0.4, 0.5) is 0 Å². The maximum atomic E-state index is 6.24. The van der Waals surface area contributed by atoms with Crippen molar-refractivity contribution in [3.8, 4) is 0 Å². The van der Waals surface area contributed by atoms with Gasteiger partial charge in [-0.25, -0.2) is 0 Å². The maximum Gasteiger partial charge on any atom is 0.0803 e. The number of fused-ring (bicyclic) bond motifs is 1. The molecule has 0 saturated carbocycles. The topological polar surface area (TPSA) is 9.23 Å². The van der Waals surface area contributed by atoms with Gasteiger partial charge in [-0.1, -0.05) is 64.3 Å². The summed E-state index contributed by atoms with van der Waals surface area (Å²) in [5.41, 5.74) is 2.02. The highest BCUT2D eigenvalue weighted by molar-refractivity contribution is 5.33. The lowest BCUT2D eigenvalue weighted by Gasteiger charge is -2.47. The third-order valence-corrected chi connectivity index (χ3v) is 5.25. The van der Waals surface area contributed by atoms with E-state index in [9.17, 15) is 0 Å². The Morgan fingerprint density at radius 1 is 1.26 bits per heavy atom. The molecule has 2 unspecified atom stereocenters. The summed E-state index contributed by atoms with van der Waals surface area (Å²) >= 11 is 0. The molecule has 0 aliphatic heterocycles. The second-order valence-corrected chi connectivity index (χ2v) is 7.25. The molecule has 0 spiro atoms. The highest BCUT2D eigenvalue weighted by Gasteiger charge is 2.52. The van der Waals surface area contributed by atoms with Crippen molar-refractivity contribution in [1.29, 1.82) is 0 Å². The van der Waals surface area contributed by atoms with E-state index in [0.29, 0.717) is 17.4 Å². The van der Waals surface area contributed by atoms with Crippen LogP contribution in [-0.2, 0) is 4.74 Å². The minimum atomic E-state index is 0.206. The second-order valence-electron chi connectivity index (χ2n) is 7.25. The molecule has 0 aromatic carbocycles. The van der Waals surface area contributed by atoms with E-state index in [1.807, 2.05) is 0 Å². The Morgan fingerprint density at radius 3 is 2.68 bits per heavy atom. The lowest BCUT2D eigenvalue weighted by Crippen LogP contribution is -2.43. The van der Waals surface area contributed by atoms with Crippen molar-refractivity contribution in [3.63, 3.8) is 0 Å². The van der Waals surface area contributed by atoms with Crippen molar-refractivity contribution in [2.75, 3.05) is 6.61 Å². The number of allylic oxidation sites excluding steroid dienone is 3. The molecule has 0 saturated heterocycles. The highest BCUT2D eigenvalue weighted by Crippen LogP contribution is 2.57. The maximum absolute atomic E-state index is 6.24. The summed E-state index contributed by atoms with van der Waals surface area (Å²) in [4.78, 5) is 0. The monoisotopic (exact) mass is 262 g/mol. The third kappa shape index (κ3) is 2.67. The largest absolute Gasteiger partial charge is 0.374 e. The highest BCUT2D eigenvalue weighted by atomic mass is 16.5. The second kappa shape index (κ2) is 5.44. The molecular formula is C18H30O. The molecule has 0 aromatic heterocycles. The van der Waals surface area contributed by atoms with Crippen LogP contribution in [-0.4, -0.2) is 12.7 Å². The molecule has 0 fully saturated rings. The van der Waals surface area contributed by atoms with Gasteiger partial charge < -0.3 is 4.74 Å². The Labute approximate surface area is 119 Å². The van der Waals surface area contributed by atoms with Gasteiger partial charge >= 0.3 is 0 Å². The van der Waals surface area contributed by atoms with Crippen LogP contribution in [0.25, 0.3) is 0 Å². The zero-order chi connectivity index (χ0) is 14.1. The lowest BCUT2D eigenvalue weighted by atomic mass is 9.59. The first kappa shape index (κ1) is 14.8. The summed E-state index contributed by atoms with van der Waals surface area (Å²) in [6.07, 6.45) is 12.4. The molecule has 108 valence electrons. The van der Waals surface area contributed by atoms with Crippen molar-refractivity contribution >= 4 is 0 Å². The van der Waals surface area contributed by atoms with Crippen LogP contribution in [0.1, 0.15) is 60.3 Å². The first-order valence-corrected chi connectivity index (χ1v) is 7.90. The van der Waals surface area contributed by atoms with E-state index in [2.05, 4.69) is 52.8 Å². The predicted molar refractivity (Wildman–Crippen MR) is 82.2 cm³/mol. The van der Waals surface area contributed by atoms with Gasteiger partial charge in [0.1, 0.15) is 0 Å². The number of rotatable bonds is 5.